The summed E-state index contributed by atoms with van der Waals surface area (Å²) in [5.41, 5.74) is -0.283. The first kappa shape index (κ1) is 12.5. The van der Waals surface area contributed by atoms with Crippen LogP contribution in [0.1, 0.15) is 30.0 Å². The molecule has 88 valence electrons. The fourth-order valence-corrected chi connectivity index (χ4v) is 1.56. The summed E-state index contributed by atoms with van der Waals surface area (Å²) < 4.78 is 0. The van der Waals surface area contributed by atoms with Crippen molar-refractivity contribution in [3.05, 3.63) is 28.8 Å². The number of hydrogen-bond donors (Lipinski definition) is 3. The lowest BCUT2D eigenvalue weighted by Gasteiger charge is -2.23. The summed E-state index contributed by atoms with van der Waals surface area (Å²) in [5, 5.41) is 28.6. The molecule has 0 bridgehead atoms. The second-order valence-corrected chi connectivity index (χ2v) is 3.96. The highest BCUT2D eigenvalue weighted by molar-refractivity contribution is 5.79. The summed E-state index contributed by atoms with van der Waals surface area (Å²) in [4.78, 5) is 11.0. The van der Waals surface area contributed by atoms with E-state index in [1.54, 1.807) is 26.8 Å². The van der Waals surface area contributed by atoms with Crippen LogP contribution in [-0.2, 0) is 10.4 Å². The maximum Gasteiger partial charge on any atom is 0.340 e. The van der Waals surface area contributed by atoms with Crippen molar-refractivity contribution in [2.24, 2.45) is 0 Å². The Balaban J connectivity index is 3.38. The van der Waals surface area contributed by atoms with Crippen molar-refractivity contribution in [3.8, 4) is 5.75 Å². The SMILES string of the molecule is CCC(O)(C(=O)O)c1cc(C)c(C)c(O)c1. The Morgan fingerprint density at radius 2 is 1.94 bits per heavy atom. The van der Waals surface area contributed by atoms with Crippen LogP contribution in [0.3, 0.4) is 0 Å². The van der Waals surface area contributed by atoms with Gasteiger partial charge >= 0.3 is 5.97 Å². The van der Waals surface area contributed by atoms with E-state index in [0.29, 0.717) is 5.56 Å². The van der Waals surface area contributed by atoms with Crippen LogP contribution in [0.25, 0.3) is 0 Å². The molecule has 1 aromatic carbocycles. The molecule has 0 aliphatic heterocycles. The van der Waals surface area contributed by atoms with E-state index in [1.807, 2.05) is 0 Å². The van der Waals surface area contributed by atoms with E-state index in [4.69, 9.17) is 5.11 Å². The quantitative estimate of drug-likeness (QED) is 0.730. The molecule has 0 heterocycles. The molecule has 3 N–H and O–H groups in total. The van der Waals surface area contributed by atoms with Gasteiger partial charge in [-0.3, -0.25) is 0 Å². The Morgan fingerprint density at radius 1 is 1.38 bits per heavy atom. The Morgan fingerprint density at radius 3 is 2.31 bits per heavy atom. The molecule has 0 fully saturated rings. The Kier molecular flexibility index (Phi) is 3.24. The standard InChI is InChI=1S/C12H16O4/c1-4-12(16,11(14)15)9-5-7(2)8(3)10(13)6-9/h5-6,13,16H,4H2,1-3H3,(H,14,15). The average Bonchev–Trinajstić information content (AvgIpc) is 2.23. The normalized spacial score (nSPS) is 14.5. The van der Waals surface area contributed by atoms with Crippen molar-refractivity contribution < 1.29 is 20.1 Å². The molecule has 1 aromatic rings. The molecule has 1 unspecified atom stereocenters. The molecule has 0 spiro atoms. The predicted octanol–water partition coefficient (Wildman–Crippen LogP) is 1.69. The first-order valence-corrected chi connectivity index (χ1v) is 5.09. The van der Waals surface area contributed by atoms with Gasteiger partial charge in [0, 0.05) is 0 Å². The summed E-state index contributed by atoms with van der Waals surface area (Å²) in [6.07, 6.45) is 0.0459. The van der Waals surface area contributed by atoms with Gasteiger partial charge in [-0.05, 0) is 43.0 Å². The van der Waals surface area contributed by atoms with E-state index in [-0.39, 0.29) is 17.7 Å². The summed E-state index contributed by atoms with van der Waals surface area (Å²) >= 11 is 0. The minimum Gasteiger partial charge on any atom is -0.508 e. The van der Waals surface area contributed by atoms with Crippen LogP contribution >= 0.6 is 0 Å². The molecule has 0 aliphatic rings. The largest absolute Gasteiger partial charge is 0.508 e. The van der Waals surface area contributed by atoms with E-state index >= 15 is 0 Å². The van der Waals surface area contributed by atoms with Crippen LogP contribution in [0, 0.1) is 13.8 Å². The van der Waals surface area contributed by atoms with E-state index in [0.717, 1.165) is 5.56 Å². The van der Waals surface area contributed by atoms with Gasteiger partial charge in [0.1, 0.15) is 5.75 Å². The topological polar surface area (TPSA) is 77.8 Å². The van der Waals surface area contributed by atoms with Gasteiger partial charge in [0.25, 0.3) is 0 Å². The highest BCUT2D eigenvalue weighted by atomic mass is 16.4. The number of carbonyl (C=O) groups is 1. The van der Waals surface area contributed by atoms with Crippen LogP contribution in [0.5, 0.6) is 5.75 Å². The lowest BCUT2D eigenvalue weighted by molar-refractivity contribution is -0.160. The molecule has 0 aliphatic carbocycles. The number of aryl methyl sites for hydroxylation is 1. The van der Waals surface area contributed by atoms with Crippen LogP contribution in [0.2, 0.25) is 0 Å². The lowest BCUT2D eigenvalue weighted by atomic mass is 9.89. The maximum absolute atomic E-state index is 11.0. The van der Waals surface area contributed by atoms with Gasteiger partial charge in [-0.15, -0.1) is 0 Å². The van der Waals surface area contributed by atoms with Gasteiger partial charge in [-0.25, -0.2) is 4.79 Å². The number of aromatic hydroxyl groups is 1. The van der Waals surface area contributed by atoms with E-state index < -0.39 is 11.6 Å². The smallest absolute Gasteiger partial charge is 0.340 e. The Hall–Kier alpha value is -1.55. The number of benzene rings is 1. The van der Waals surface area contributed by atoms with E-state index in [2.05, 4.69) is 0 Å². The minimum atomic E-state index is -1.93. The zero-order chi connectivity index (χ0) is 12.5. The summed E-state index contributed by atoms with van der Waals surface area (Å²) in [7, 11) is 0. The third-order valence-electron chi connectivity index (χ3n) is 2.98. The minimum absolute atomic E-state index is 0.00289. The molecule has 0 saturated heterocycles. The second-order valence-electron chi connectivity index (χ2n) is 3.96. The number of carboxylic acids is 1. The van der Waals surface area contributed by atoms with E-state index in [9.17, 15) is 15.0 Å². The lowest BCUT2D eigenvalue weighted by Crippen LogP contribution is -2.34. The van der Waals surface area contributed by atoms with Gasteiger partial charge < -0.3 is 15.3 Å². The molecule has 4 nitrogen and oxygen atoms in total. The average molecular weight is 224 g/mol. The molecule has 0 aromatic heterocycles. The molecule has 0 radical (unpaired) electrons. The molecule has 4 heteroatoms. The van der Waals surface area contributed by atoms with Crippen molar-refractivity contribution in [2.75, 3.05) is 0 Å². The highest BCUT2D eigenvalue weighted by Gasteiger charge is 2.36. The maximum atomic E-state index is 11.0. The zero-order valence-corrected chi connectivity index (χ0v) is 9.61. The van der Waals surface area contributed by atoms with Gasteiger partial charge in [-0.2, -0.15) is 0 Å². The molecule has 1 atom stereocenters. The Bertz CT molecular complexity index is 402. The number of aliphatic hydroxyl groups is 1. The first-order valence-electron chi connectivity index (χ1n) is 5.09. The number of phenols is 1. The Labute approximate surface area is 94.2 Å². The fraction of sp³-hybridized carbons (Fsp3) is 0.417. The van der Waals surface area contributed by atoms with Crippen LogP contribution < -0.4 is 0 Å². The van der Waals surface area contributed by atoms with Crippen molar-refractivity contribution in [1.29, 1.82) is 0 Å². The molecule has 0 saturated carbocycles. The van der Waals surface area contributed by atoms with Crippen molar-refractivity contribution >= 4 is 5.97 Å². The monoisotopic (exact) mass is 224 g/mol. The number of aliphatic carboxylic acids is 1. The molecule has 1 rings (SSSR count). The van der Waals surface area contributed by atoms with Crippen LogP contribution in [0.15, 0.2) is 12.1 Å². The van der Waals surface area contributed by atoms with Gasteiger partial charge in [0.05, 0.1) is 0 Å². The van der Waals surface area contributed by atoms with Crippen molar-refractivity contribution in [3.63, 3.8) is 0 Å². The predicted molar refractivity (Wildman–Crippen MR) is 59.4 cm³/mol. The van der Waals surface area contributed by atoms with Crippen molar-refractivity contribution in [2.45, 2.75) is 32.8 Å². The van der Waals surface area contributed by atoms with Gasteiger partial charge in [0.2, 0.25) is 0 Å². The number of carboxylic acid groups (broad SMARTS) is 1. The third-order valence-corrected chi connectivity index (χ3v) is 2.98. The number of hydrogen-bond acceptors (Lipinski definition) is 3. The highest BCUT2D eigenvalue weighted by Crippen LogP contribution is 2.31. The molecule has 16 heavy (non-hydrogen) atoms. The molecule has 0 amide bonds. The second kappa shape index (κ2) is 4.14. The molecular formula is C12H16O4. The fourth-order valence-electron chi connectivity index (χ4n) is 1.56. The summed E-state index contributed by atoms with van der Waals surface area (Å²) in [6, 6.07) is 2.90. The van der Waals surface area contributed by atoms with Gasteiger partial charge in [-0.1, -0.05) is 13.0 Å². The van der Waals surface area contributed by atoms with E-state index in [1.165, 1.54) is 6.07 Å². The summed E-state index contributed by atoms with van der Waals surface area (Å²) in [6.45, 7) is 5.08. The number of phenolic OH excluding ortho intramolecular Hbond substituents is 1. The summed E-state index contributed by atoms with van der Waals surface area (Å²) in [5.74, 6) is -1.30. The number of rotatable bonds is 3. The molecular weight excluding hydrogens is 208 g/mol. The van der Waals surface area contributed by atoms with Crippen molar-refractivity contribution in [1.82, 2.24) is 0 Å². The van der Waals surface area contributed by atoms with Gasteiger partial charge in [0.15, 0.2) is 5.60 Å². The zero-order valence-electron chi connectivity index (χ0n) is 9.61. The first-order chi connectivity index (χ1) is 7.32. The van der Waals surface area contributed by atoms with Crippen LogP contribution in [0.4, 0.5) is 0 Å². The third kappa shape index (κ3) is 1.88. The van der Waals surface area contributed by atoms with Crippen LogP contribution in [-0.4, -0.2) is 21.3 Å².